The van der Waals surface area contributed by atoms with Crippen LogP contribution in [-0.2, 0) is 7.05 Å². The van der Waals surface area contributed by atoms with Gasteiger partial charge in [-0.3, -0.25) is 4.79 Å². The van der Waals surface area contributed by atoms with Gasteiger partial charge in [0.2, 0.25) is 0 Å². The van der Waals surface area contributed by atoms with E-state index in [9.17, 15) is 13.6 Å². The molecule has 4 rings (SSSR count). The van der Waals surface area contributed by atoms with E-state index in [-0.39, 0.29) is 17.2 Å². The molecule has 1 aromatic heterocycles. The molecule has 7 heteroatoms. The van der Waals surface area contributed by atoms with Crippen LogP contribution in [0.25, 0.3) is 11.0 Å². The van der Waals surface area contributed by atoms with Crippen molar-refractivity contribution in [3.8, 4) is 5.75 Å². The second-order valence-corrected chi connectivity index (χ2v) is 7.60. The molecule has 2 aromatic carbocycles. The van der Waals surface area contributed by atoms with Crippen LogP contribution in [0.3, 0.4) is 0 Å². The van der Waals surface area contributed by atoms with Crippen molar-refractivity contribution in [1.82, 2.24) is 9.55 Å². The molecule has 0 spiro atoms. The van der Waals surface area contributed by atoms with Gasteiger partial charge in [0.05, 0.1) is 18.3 Å². The third-order valence-electron chi connectivity index (χ3n) is 5.54. The van der Waals surface area contributed by atoms with Crippen LogP contribution in [0.2, 0.25) is 0 Å². The fourth-order valence-electron chi connectivity index (χ4n) is 3.88. The van der Waals surface area contributed by atoms with E-state index in [1.165, 1.54) is 18.3 Å². The molecule has 5 nitrogen and oxygen atoms in total. The molecule has 2 heterocycles. The zero-order valence-electron chi connectivity index (χ0n) is 16.5. The Morgan fingerprint density at radius 3 is 2.55 bits per heavy atom. The zero-order chi connectivity index (χ0) is 20.5. The summed E-state index contributed by atoms with van der Waals surface area (Å²) in [4.78, 5) is 17.8. The fourth-order valence-corrected chi connectivity index (χ4v) is 3.88. The van der Waals surface area contributed by atoms with E-state index in [2.05, 4.69) is 4.98 Å². The van der Waals surface area contributed by atoms with Gasteiger partial charge in [-0.2, -0.15) is 0 Å². The van der Waals surface area contributed by atoms with Gasteiger partial charge in [0.25, 0.3) is 5.56 Å². The minimum atomic E-state index is -0.510. The maximum Gasteiger partial charge on any atom is 0.269 e. The molecule has 0 N–H and O–H groups in total. The van der Waals surface area contributed by atoms with E-state index in [1.54, 1.807) is 23.4 Å². The Morgan fingerprint density at radius 1 is 1.17 bits per heavy atom. The number of aryl methyl sites for hydroxylation is 2. The quantitative estimate of drug-likeness (QED) is 0.669. The van der Waals surface area contributed by atoms with Crippen LogP contribution >= 0.6 is 0 Å². The molecule has 0 unspecified atom stereocenters. The molecule has 1 aliphatic rings. The molecule has 1 aliphatic heterocycles. The van der Waals surface area contributed by atoms with Crippen LogP contribution in [0.15, 0.2) is 41.3 Å². The number of hydrogen-bond acceptors (Lipinski definition) is 4. The highest BCUT2D eigenvalue weighted by Gasteiger charge is 2.24. The molecule has 152 valence electrons. The molecule has 0 saturated carbocycles. The van der Waals surface area contributed by atoms with E-state index in [0.717, 1.165) is 18.4 Å². The molecule has 0 aliphatic carbocycles. The third kappa shape index (κ3) is 3.81. The number of piperidine rings is 1. The van der Waals surface area contributed by atoms with E-state index >= 15 is 0 Å². The molecular formula is C22H23F2N3O2. The van der Waals surface area contributed by atoms with Gasteiger partial charge >= 0.3 is 0 Å². The third-order valence-corrected chi connectivity index (χ3v) is 5.54. The van der Waals surface area contributed by atoms with Crippen molar-refractivity contribution in [2.75, 3.05) is 24.6 Å². The summed E-state index contributed by atoms with van der Waals surface area (Å²) < 4.78 is 36.0. The lowest BCUT2D eigenvalue weighted by atomic mass is 9.97. The molecular weight excluding hydrogens is 376 g/mol. The Hall–Kier alpha value is -2.96. The monoisotopic (exact) mass is 399 g/mol. The van der Waals surface area contributed by atoms with Gasteiger partial charge in [0.15, 0.2) is 0 Å². The minimum Gasteiger partial charge on any atom is -0.491 e. The van der Waals surface area contributed by atoms with Crippen LogP contribution in [0.1, 0.15) is 18.4 Å². The molecule has 1 saturated heterocycles. The fraction of sp³-hybridized carbons (Fsp3) is 0.364. The summed E-state index contributed by atoms with van der Waals surface area (Å²) in [5, 5.41) is 0. The van der Waals surface area contributed by atoms with Gasteiger partial charge in [0, 0.05) is 20.1 Å². The first-order valence-corrected chi connectivity index (χ1v) is 9.72. The number of anilines is 1. The molecule has 0 bridgehead atoms. The number of fused-ring (bicyclic) bond motifs is 1. The number of nitrogens with zero attached hydrogens (tertiary/aromatic N) is 3. The summed E-state index contributed by atoms with van der Waals surface area (Å²) in [5.41, 5.74) is 1.84. The van der Waals surface area contributed by atoms with Crippen molar-refractivity contribution >= 4 is 16.7 Å². The predicted molar refractivity (Wildman–Crippen MR) is 109 cm³/mol. The highest BCUT2D eigenvalue weighted by Crippen LogP contribution is 2.30. The number of para-hydroxylation sites is 1. The number of hydrogen-bond donors (Lipinski definition) is 0. The SMILES string of the molecule is Cc1cc(F)c(N2CCC(COc3cccc4c3ncc(=O)n4C)CC2)c(F)c1. The summed E-state index contributed by atoms with van der Waals surface area (Å²) >= 11 is 0. The highest BCUT2D eigenvalue weighted by molar-refractivity contribution is 5.81. The number of halogens is 2. The van der Waals surface area contributed by atoms with E-state index < -0.39 is 11.6 Å². The van der Waals surface area contributed by atoms with Crippen molar-refractivity contribution in [3.63, 3.8) is 0 Å². The molecule has 0 radical (unpaired) electrons. The molecule has 0 amide bonds. The summed E-state index contributed by atoms with van der Waals surface area (Å²) in [7, 11) is 1.70. The minimum absolute atomic E-state index is 0.0640. The van der Waals surface area contributed by atoms with E-state index in [4.69, 9.17) is 4.74 Å². The van der Waals surface area contributed by atoms with Crippen molar-refractivity contribution in [1.29, 1.82) is 0 Å². The average Bonchev–Trinajstić information content (AvgIpc) is 2.69. The standard InChI is InChI=1S/C22H23F2N3O2/c1-14-10-16(23)22(17(24)11-14)27-8-6-15(7-9-27)13-29-19-5-3-4-18-21(19)25-12-20(28)26(18)2/h3-5,10-12,15H,6-9,13H2,1-2H3. The summed E-state index contributed by atoms with van der Waals surface area (Å²) in [5.74, 6) is -0.101. The Balaban J connectivity index is 1.42. The van der Waals surface area contributed by atoms with Crippen molar-refractivity contribution in [2.24, 2.45) is 13.0 Å². The van der Waals surface area contributed by atoms with Gasteiger partial charge in [0.1, 0.15) is 28.6 Å². The molecule has 0 atom stereocenters. The smallest absolute Gasteiger partial charge is 0.269 e. The predicted octanol–water partition coefficient (Wildman–Crippen LogP) is 3.82. The zero-order valence-corrected chi connectivity index (χ0v) is 16.5. The summed E-state index contributed by atoms with van der Waals surface area (Å²) in [6.07, 6.45) is 2.85. The average molecular weight is 399 g/mol. The van der Waals surface area contributed by atoms with Gasteiger partial charge in [-0.05, 0) is 55.5 Å². The lowest BCUT2D eigenvalue weighted by Crippen LogP contribution is -2.36. The first-order chi connectivity index (χ1) is 13.9. The second-order valence-electron chi connectivity index (χ2n) is 7.60. The van der Waals surface area contributed by atoms with E-state index in [0.29, 0.717) is 36.5 Å². The lowest BCUT2D eigenvalue weighted by Gasteiger charge is -2.34. The summed E-state index contributed by atoms with van der Waals surface area (Å²) in [6, 6.07) is 8.25. The Labute approximate surface area is 167 Å². The van der Waals surface area contributed by atoms with E-state index in [1.807, 2.05) is 18.2 Å². The van der Waals surface area contributed by atoms with Crippen LogP contribution in [0, 0.1) is 24.5 Å². The van der Waals surface area contributed by atoms with Gasteiger partial charge in [-0.15, -0.1) is 0 Å². The molecule has 3 aromatic rings. The molecule has 1 fully saturated rings. The Morgan fingerprint density at radius 2 is 1.86 bits per heavy atom. The van der Waals surface area contributed by atoms with Crippen LogP contribution in [0.5, 0.6) is 5.75 Å². The maximum atomic E-state index is 14.2. The van der Waals surface area contributed by atoms with Crippen LogP contribution < -0.4 is 15.2 Å². The number of rotatable bonds is 4. The number of aromatic nitrogens is 2. The number of benzene rings is 2. The first-order valence-electron chi connectivity index (χ1n) is 9.72. The van der Waals surface area contributed by atoms with Gasteiger partial charge < -0.3 is 14.2 Å². The van der Waals surface area contributed by atoms with Crippen molar-refractivity contribution < 1.29 is 13.5 Å². The van der Waals surface area contributed by atoms with Crippen LogP contribution in [-0.4, -0.2) is 29.2 Å². The van der Waals surface area contributed by atoms with Crippen LogP contribution in [0.4, 0.5) is 14.5 Å². The maximum absolute atomic E-state index is 14.2. The molecule has 29 heavy (non-hydrogen) atoms. The Kier molecular flexibility index (Phi) is 5.22. The largest absolute Gasteiger partial charge is 0.491 e. The van der Waals surface area contributed by atoms with Crippen molar-refractivity contribution in [3.05, 3.63) is 64.1 Å². The Bertz CT molecular complexity index is 1080. The lowest BCUT2D eigenvalue weighted by molar-refractivity contribution is 0.224. The van der Waals surface area contributed by atoms with Gasteiger partial charge in [-0.25, -0.2) is 13.8 Å². The van der Waals surface area contributed by atoms with Gasteiger partial charge in [-0.1, -0.05) is 6.07 Å². The summed E-state index contributed by atoms with van der Waals surface area (Å²) in [6.45, 7) is 3.33. The number of ether oxygens (including phenoxy) is 1. The normalized spacial score (nSPS) is 15.1. The highest BCUT2D eigenvalue weighted by atomic mass is 19.1. The second kappa shape index (κ2) is 7.81. The van der Waals surface area contributed by atoms with Crippen molar-refractivity contribution in [2.45, 2.75) is 19.8 Å². The topological polar surface area (TPSA) is 47.4 Å². The first kappa shape index (κ1) is 19.4.